The number of hydrogen-bond donors (Lipinski definition) is 2. The van der Waals surface area contributed by atoms with Gasteiger partial charge >= 0.3 is 17.8 Å². The molecule has 8 nitrogen and oxygen atoms in total. The molecule has 1 aromatic heterocycles. The van der Waals surface area contributed by atoms with Crippen molar-refractivity contribution in [3.8, 4) is 0 Å². The van der Waals surface area contributed by atoms with E-state index in [1.807, 2.05) is 0 Å². The highest BCUT2D eigenvalue weighted by Crippen LogP contribution is 2.10. The van der Waals surface area contributed by atoms with Crippen molar-refractivity contribution in [3.63, 3.8) is 0 Å². The Morgan fingerprint density at radius 3 is 2.53 bits per heavy atom. The van der Waals surface area contributed by atoms with E-state index in [0.29, 0.717) is 36.0 Å². The molecule has 0 saturated carbocycles. The van der Waals surface area contributed by atoms with E-state index in [-0.39, 0.29) is 17.7 Å². The number of anilines is 1. The van der Waals surface area contributed by atoms with Gasteiger partial charge in [0.05, 0.1) is 0 Å². The number of nitrogens with zero attached hydrogens (tertiary/aromatic N) is 3. The number of amides is 3. The third kappa shape index (κ3) is 6.02. The normalized spacial score (nSPS) is 10.5. The lowest BCUT2D eigenvalue weighted by molar-refractivity contribution is 0.0907. The number of carbonyl (C=O) groups is 2. The van der Waals surface area contributed by atoms with Crippen LogP contribution in [0, 0.1) is 5.82 Å². The van der Waals surface area contributed by atoms with Crippen LogP contribution >= 0.6 is 11.6 Å². The van der Waals surface area contributed by atoms with Crippen LogP contribution in [0.4, 0.5) is 14.9 Å². The van der Waals surface area contributed by atoms with Crippen LogP contribution in [-0.4, -0.2) is 40.6 Å². The number of aromatic nitrogens is 2. The molecule has 0 radical (unpaired) electrons. The molecule has 3 rings (SSSR count). The van der Waals surface area contributed by atoms with Crippen molar-refractivity contribution in [3.05, 3.63) is 76.6 Å². The first-order chi connectivity index (χ1) is 14.4. The first kappa shape index (κ1) is 21.3. The SMILES string of the molecule is CN(CCc1noc(C(=O)NCc2ccc(Cl)cc2)n1)C(=O)Nc1ccc(F)cc1. The molecule has 10 heteroatoms. The van der Waals surface area contributed by atoms with E-state index in [4.69, 9.17) is 16.1 Å². The Kier molecular flexibility index (Phi) is 6.97. The van der Waals surface area contributed by atoms with Crippen LogP contribution in [0.3, 0.4) is 0 Å². The molecule has 1 heterocycles. The fourth-order valence-electron chi connectivity index (χ4n) is 2.43. The highest BCUT2D eigenvalue weighted by molar-refractivity contribution is 6.30. The van der Waals surface area contributed by atoms with Crippen LogP contribution in [0.1, 0.15) is 22.1 Å². The molecule has 30 heavy (non-hydrogen) atoms. The second-order valence-corrected chi connectivity index (χ2v) is 6.87. The van der Waals surface area contributed by atoms with Gasteiger partial charge in [-0.25, -0.2) is 9.18 Å². The fraction of sp³-hybridized carbons (Fsp3) is 0.200. The third-order valence-corrected chi connectivity index (χ3v) is 4.39. The van der Waals surface area contributed by atoms with Crippen LogP contribution in [0.15, 0.2) is 53.1 Å². The maximum atomic E-state index is 12.9. The molecule has 156 valence electrons. The van der Waals surface area contributed by atoms with E-state index in [9.17, 15) is 14.0 Å². The fourth-order valence-corrected chi connectivity index (χ4v) is 2.56. The summed E-state index contributed by atoms with van der Waals surface area (Å²) in [7, 11) is 1.60. The predicted octanol–water partition coefficient (Wildman–Crippen LogP) is 3.50. The van der Waals surface area contributed by atoms with Gasteiger partial charge in [0.15, 0.2) is 5.82 Å². The van der Waals surface area contributed by atoms with E-state index in [1.54, 1.807) is 31.3 Å². The summed E-state index contributed by atoms with van der Waals surface area (Å²) in [5.41, 5.74) is 1.36. The Labute approximate surface area is 177 Å². The highest BCUT2D eigenvalue weighted by atomic mass is 35.5. The van der Waals surface area contributed by atoms with Crippen molar-refractivity contribution in [1.29, 1.82) is 0 Å². The zero-order valence-electron chi connectivity index (χ0n) is 16.1. The number of carbonyl (C=O) groups excluding carboxylic acids is 2. The summed E-state index contributed by atoms with van der Waals surface area (Å²) in [5, 5.41) is 9.71. The molecule has 0 bridgehead atoms. The summed E-state index contributed by atoms with van der Waals surface area (Å²) < 4.78 is 17.9. The lowest BCUT2D eigenvalue weighted by Crippen LogP contribution is -2.33. The molecule has 0 atom stereocenters. The molecular formula is C20H19ClFN5O3. The standard InChI is InChI=1S/C20H19ClFN5O3/c1-27(20(29)24-16-8-6-15(22)7-9-16)11-10-17-25-19(30-26-17)18(28)23-12-13-2-4-14(21)5-3-13/h2-9H,10-12H2,1H3,(H,23,28)(H,24,29). The highest BCUT2D eigenvalue weighted by Gasteiger charge is 2.16. The Morgan fingerprint density at radius 1 is 1.13 bits per heavy atom. The van der Waals surface area contributed by atoms with Crippen molar-refractivity contribution in [2.45, 2.75) is 13.0 Å². The van der Waals surface area contributed by atoms with Gasteiger partial charge < -0.3 is 20.1 Å². The minimum Gasteiger partial charge on any atom is -0.344 e. The Balaban J connectivity index is 1.46. The van der Waals surface area contributed by atoms with Crippen molar-refractivity contribution in [2.24, 2.45) is 0 Å². The molecule has 2 N–H and O–H groups in total. The van der Waals surface area contributed by atoms with Gasteiger partial charge in [0.2, 0.25) is 0 Å². The third-order valence-electron chi connectivity index (χ3n) is 4.14. The molecule has 0 saturated heterocycles. The summed E-state index contributed by atoms with van der Waals surface area (Å²) in [6.07, 6.45) is 0.293. The molecular weight excluding hydrogens is 413 g/mol. The summed E-state index contributed by atoms with van der Waals surface area (Å²) >= 11 is 5.83. The van der Waals surface area contributed by atoms with Gasteiger partial charge in [-0.15, -0.1) is 0 Å². The summed E-state index contributed by atoms with van der Waals surface area (Å²) in [6, 6.07) is 12.1. The molecule has 0 fully saturated rings. The molecule has 3 amide bonds. The summed E-state index contributed by atoms with van der Waals surface area (Å²) in [5.74, 6) is -0.733. The minimum atomic E-state index is -0.494. The summed E-state index contributed by atoms with van der Waals surface area (Å²) in [6.45, 7) is 0.582. The minimum absolute atomic E-state index is 0.155. The first-order valence-electron chi connectivity index (χ1n) is 9.03. The van der Waals surface area contributed by atoms with Gasteiger partial charge in [-0.2, -0.15) is 4.98 Å². The van der Waals surface area contributed by atoms with Crippen molar-refractivity contribution >= 4 is 29.2 Å². The van der Waals surface area contributed by atoms with E-state index >= 15 is 0 Å². The van der Waals surface area contributed by atoms with Crippen LogP contribution < -0.4 is 10.6 Å². The maximum Gasteiger partial charge on any atom is 0.321 e. The van der Waals surface area contributed by atoms with Crippen molar-refractivity contribution in [1.82, 2.24) is 20.4 Å². The quantitative estimate of drug-likeness (QED) is 0.596. The molecule has 0 unspecified atom stereocenters. The predicted molar refractivity (Wildman–Crippen MR) is 109 cm³/mol. The second kappa shape index (κ2) is 9.84. The molecule has 2 aromatic carbocycles. The Bertz CT molecular complexity index is 1010. The lowest BCUT2D eigenvalue weighted by atomic mass is 10.2. The summed E-state index contributed by atoms with van der Waals surface area (Å²) in [4.78, 5) is 29.8. The molecule has 3 aromatic rings. The topological polar surface area (TPSA) is 100 Å². The van der Waals surface area contributed by atoms with Gasteiger partial charge in [0.25, 0.3) is 0 Å². The van der Waals surface area contributed by atoms with Crippen molar-refractivity contribution < 1.29 is 18.5 Å². The number of rotatable bonds is 7. The van der Waals surface area contributed by atoms with Crippen LogP contribution in [0.25, 0.3) is 0 Å². The number of halogens is 2. The van der Waals surface area contributed by atoms with Gasteiger partial charge in [-0.3, -0.25) is 4.79 Å². The smallest absolute Gasteiger partial charge is 0.321 e. The van der Waals surface area contributed by atoms with Gasteiger partial charge in [-0.1, -0.05) is 28.9 Å². The zero-order valence-corrected chi connectivity index (χ0v) is 16.8. The largest absolute Gasteiger partial charge is 0.344 e. The van der Waals surface area contributed by atoms with Gasteiger partial charge in [0, 0.05) is 37.3 Å². The number of nitrogens with one attached hydrogen (secondary N) is 2. The Morgan fingerprint density at radius 2 is 1.83 bits per heavy atom. The number of benzene rings is 2. The number of likely N-dealkylation sites (N-methyl/N-ethyl adjacent to an activating group) is 1. The zero-order chi connectivity index (χ0) is 21.5. The second-order valence-electron chi connectivity index (χ2n) is 6.43. The first-order valence-corrected chi connectivity index (χ1v) is 9.41. The molecule has 0 spiro atoms. The average molecular weight is 432 g/mol. The van der Waals surface area contributed by atoms with Crippen LogP contribution in [0.2, 0.25) is 5.02 Å². The van der Waals surface area contributed by atoms with Crippen molar-refractivity contribution in [2.75, 3.05) is 18.9 Å². The average Bonchev–Trinajstić information content (AvgIpc) is 3.22. The van der Waals surface area contributed by atoms with Gasteiger partial charge in [-0.05, 0) is 42.0 Å². The molecule has 0 aliphatic rings. The monoisotopic (exact) mass is 431 g/mol. The van der Waals surface area contributed by atoms with E-state index < -0.39 is 5.91 Å². The Hall–Kier alpha value is -3.46. The van der Waals surface area contributed by atoms with Crippen LogP contribution in [0.5, 0.6) is 0 Å². The number of hydrogen-bond acceptors (Lipinski definition) is 5. The molecule has 0 aliphatic heterocycles. The van der Waals surface area contributed by atoms with E-state index in [2.05, 4.69) is 20.8 Å². The van der Waals surface area contributed by atoms with Gasteiger partial charge in [0.1, 0.15) is 5.82 Å². The number of urea groups is 1. The van der Waals surface area contributed by atoms with Crippen LogP contribution in [-0.2, 0) is 13.0 Å². The lowest BCUT2D eigenvalue weighted by Gasteiger charge is -2.17. The van der Waals surface area contributed by atoms with E-state index in [0.717, 1.165) is 5.56 Å². The molecule has 0 aliphatic carbocycles. The van der Waals surface area contributed by atoms with E-state index in [1.165, 1.54) is 29.2 Å². The maximum absolute atomic E-state index is 12.9.